The van der Waals surface area contributed by atoms with E-state index in [0.29, 0.717) is 46.5 Å². The third-order valence-corrected chi connectivity index (χ3v) is 8.79. The fraction of sp³-hybridized carbons (Fsp3) is 0.529. The van der Waals surface area contributed by atoms with Gasteiger partial charge < -0.3 is 20.4 Å². The van der Waals surface area contributed by atoms with Crippen LogP contribution in [-0.2, 0) is 9.59 Å². The van der Waals surface area contributed by atoms with Crippen molar-refractivity contribution in [2.24, 2.45) is 0 Å². The molecule has 0 aromatic heterocycles. The zero-order valence-electron chi connectivity index (χ0n) is 24.7. The minimum atomic E-state index is -0.258. The summed E-state index contributed by atoms with van der Waals surface area (Å²) in [5, 5.41) is 5.82. The molecule has 0 saturated carbocycles. The molecule has 2 N–H and O–H groups in total. The van der Waals surface area contributed by atoms with Crippen LogP contribution in [0.3, 0.4) is 0 Å². The summed E-state index contributed by atoms with van der Waals surface area (Å²) < 4.78 is 0. The van der Waals surface area contributed by atoms with Gasteiger partial charge in [-0.2, -0.15) is 0 Å². The van der Waals surface area contributed by atoms with Gasteiger partial charge in [-0.3, -0.25) is 19.2 Å². The number of amides is 2. The van der Waals surface area contributed by atoms with E-state index in [9.17, 15) is 19.2 Å². The maximum atomic E-state index is 13.4. The zero-order valence-corrected chi connectivity index (χ0v) is 24.7. The number of anilines is 2. The largest absolute Gasteiger partial charge is 0.326 e. The molecule has 224 valence electrons. The molecule has 2 heterocycles. The summed E-state index contributed by atoms with van der Waals surface area (Å²) >= 11 is 0. The van der Waals surface area contributed by atoms with E-state index in [0.717, 1.165) is 39.3 Å². The molecule has 2 aromatic carbocycles. The number of hydrogen-bond acceptors (Lipinski definition) is 6. The SMILES string of the molecule is O=C(CCN1CCCCCCC1)Nc1ccc2c(c1)C(=O)c1ccc(NC(=O)CCN3CCCCCCC3)cc1C2=O. The molecule has 2 saturated heterocycles. The van der Waals surface area contributed by atoms with Gasteiger partial charge in [0.15, 0.2) is 11.6 Å². The van der Waals surface area contributed by atoms with Crippen molar-refractivity contribution in [2.45, 2.75) is 77.0 Å². The molecule has 0 unspecified atom stereocenters. The van der Waals surface area contributed by atoms with Gasteiger partial charge in [0.25, 0.3) is 0 Å². The molecule has 1 aliphatic carbocycles. The first-order valence-electron chi connectivity index (χ1n) is 15.9. The van der Waals surface area contributed by atoms with Crippen molar-refractivity contribution in [3.63, 3.8) is 0 Å². The first-order valence-corrected chi connectivity index (χ1v) is 15.9. The summed E-state index contributed by atoms with van der Waals surface area (Å²) in [5.74, 6) is -0.713. The number of rotatable bonds is 8. The number of hydrogen-bond donors (Lipinski definition) is 2. The summed E-state index contributed by atoms with van der Waals surface area (Å²) in [5.41, 5.74) is 2.23. The predicted octanol–water partition coefficient (Wildman–Crippen LogP) is 5.65. The lowest BCUT2D eigenvalue weighted by atomic mass is 9.83. The first kappa shape index (κ1) is 30.1. The minimum Gasteiger partial charge on any atom is -0.326 e. The smallest absolute Gasteiger partial charge is 0.225 e. The normalized spacial score (nSPS) is 18.6. The Morgan fingerprint density at radius 2 is 0.881 bits per heavy atom. The topological polar surface area (TPSA) is 98.8 Å². The van der Waals surface area contributed by atoms with Gasteiger partial charge in [-0.05, 0) is 88.3 Å². The summed E-state index contributed by atoms with van der Waals surface area (Å²) in [7, 11) is 0. The number of benzene rings is 2. The van der Waals surface area contributed by atoms with Crippen LogP contribution in [0.4, 0.5) is 11.4 Å². The van der Waals surface area contributed by atoms with Crippen molar-refractivity contribution in [3.05, 3.63) is 58.7 Å². The monoisotopic (exact) mass is 572 g/mol. The number of nitrogens with one attached hydrogen (secondary N) is 2. The van der Waals surface area contributed by atoms with Crippen molar-refractivity contribution < 1.29 is 19.2 Å². The molecule has 5 rings (SSSR count). The lowest BCUT2D eigenvalue weighted by Crippen LogP contribution is -2.31. The van der Waals surface area contributed by atoms with Crippen LogP contribution in [0.25, 0.3) is 0 Å². The van der Waals surface area contributed by atoms with Crippen molar-refractivity contribution >= 4 is 34.8 Å². The molecule has 0 radical (unpaired) electrons. The summed E-state index contributed by atoms with van der Waals surface area (Å²) in [6, 6.07) is 9.79. The highest BCUT2D eigenvalue weighted by Crippen LogP contribution is 2.31. The molecule has 8 heteroatoms. The zero-order chi connectivity index (χ0) is 29.3. The second-order valence-corrected chi connectivity index (χ2v) is 12.0. The molecule has 0 atom stereocenters. The van der Waals surface area contributed by atoms with Crippen LogP contribution in [0.2, 0.25) is 0 Å². The maximum Gasteiger partial charge on any atom is 0.225 e. The number of fused-ring (bicyclic) bond motifs is 2. The first-order chi connectivity index (χ1) is 20.5. The summed E-state index contributed by atoms with van der Waals surface area (Å²) in [4.78, 5) is 56.9. The second kappa shape index (κ2) is 14.7. The molecular formula is C34H44N4O4. The third-order valence-electron chi connectivity index (χ3n) is 8.79. The molecule has 2 aliphatic heterocycles. The highest BCUT2D eigenvalue weighted by Gasteiger charge is 2.30. The van der Waals surface area contributed by atoms with Crippen LogP contribution < -0.4 is 10.6 Å². The fourth-order valence-corrected chi connectivity index (χ4v) is 6.35. The van der Waals surface area contributed by atoms with E-state index in [2.05, 4.69) is 20.4 Å². The Kier molecular flexibility index (Phi) is 10.5. The Bertz CT molecular complexity index is 1190. The predicted molar refractivity (Wildman–Crippen MR) is 165 cm³/mol. The van der Waals surface area contributed by atoms with Crippen molar-refractivity contribution in [3.8, 4) is 0 Å². The average molecular weight is 573 g/mol. The fourth-order valence-electron chi connectivity index (χ4n) is 6.35. The Hall–Kier alpha value is -3.36. The van der Waals surface area contributed by atoms with E-state index in [4.69, 9.17) is 0 Å². The summed E-state index contributed by atoms with van der Waals surface area (Å²) in [6.45, 7) is 5.58. The van der Waals surface area contributed by atoms with Crippen LogP contribution in [0, 0.1) is 0 Å². The van der Waals surface area contributed by atoms with Crippen molar-refractivity contribution in [2.75, 3.05) is 49.9 Å². The molecule has 42 heavy (non-hydrogen) atoms. The number of likely N-dealkylation sites (tertiary alicyclic amines) is 2. The van der Waals surface area contributed by atoms with E-state index in [1.54, 1.807) is 36.4 Å². The Morgan fingerprint density at radius 3 is 1.26 bits per heavy atom. The molecule has 3 aliphatic rings. The van der Waals surface area contributed by atoms with Crippen LogP contribution in [-0.4, -0.2) is 72.4 Å². The minimum absolute atomic E-state index is 0.0984. The summed E-state index contributed by atoms with van der Waals surface area (Å²) in [6.07, 6.45) is 13.1. The number of nitrogens with zero attached hydrogens (tertiary/aromatic N) is 2. The van der Waals surface area contributed by atoms with Gasteiger partial charge in [-0.15, -0.1) is 0 Å². The van der Waals surface area contributed by atoms with Crippen molar-refractivity contribution in [1.82, 2.24) is 9.80 Å². The lowest BCUT2D eigenvalue weighted by Gasteiger charge is -2.24. The Morgan fingerprint density at radius 1 is 0.524 bits per heavy atom. The average Bonchev–Trinajstić information content (AvgIpc) is 2.95. The Labute approximate surface area is 249 Å². The number of carbonyl (C=O) groups excluding carboxylic acids is 4. The van der Waals surface area contributed by atoms with Crippen molar-refractivity contribution in [1.29, 1.82) is 0 Å². The van der Waals surface area contributed by atoms with E-state index in [1.807, 2.05) is 0 Å². The maximum absolute atomic E-state index is 13.4. The quantitative estimate of drug-likeness (QED) is 0.362. The van der Waals surface area contributed by atoms with Gasteiger partial charge in [0.05, 0.1) is 0 Å². The van der Waals surface area contributed by atoms with Crippen LogP contribution >= 0.6 is 0 Å². The lowest BCUT2D eigenvalue weighted by molar-refractivity contribution is -0.117. The van der Waals surface area contributed by atoms with E-state index in [-0.39, 0.29) is 23.4 Å². The van der Waals surface area contributed by atoms with Crippen LogP contribution in [0.5, 0.6) is 0 Å². The molecule has 0 bridgehead atoms. The van der Waals surface area contributed by atoms with Gasteiger partial charge in [0.1, 0.15) is 0 Å². The molecule has 0 spiro atoms. The highest BCUT2D eigenvalue weighted by atomic mass is 16.2. The van der Waals surface area contributed by atoms with Gasteiger partial charge in [0.2, 0.25) is 11.8 Å². The molecule has 8 nitrogen and oxygen atoms in total. The third kappa shape index (κ3) is 7.92. The molecular weight excluding hydrogens is 528 g/mol. The van der Waals surface area contributed by atoms with Gasteiger partial charge in [-0.1, -0.05) is 38.5 Å². The standard InChI is InChI=1S/C34H44N4O4/c39-31(15-21-37-17-7-3-1-4-8-18-37)35-25-11-13-27-29(23-25)33(41)28-14-12-26(24-30(28)34(27)42)36-32(40)16-22-38-19-9-5-2-6-10-20-38/h11-14,23-24H,1-10,15-22H2,(H,35,39)(H,36,40). The van der Waals surface area contributed by atoms with Gasteiger partial charge >= 0.3 is 0 Å². The highest BCUT2D eigenvalue weighted by molar-refractivity contribution is 6.29. The molecule has 2 amide bonds. The van der Waals surface area contributed by atoms with E-state index < -0.39 is 0 Å². The molecule has 2 aromatic rings. The van der Waals surface area contributed by atoms with Gasteiger partial charge in [-0.25, -0.2) is 0 Å². The van der Waals surface area contributed by atoms with Crippen LogP contribution in [0.15, 0.2) is 36.4 Å². The van der Waals surface area contributed by atoms with E-state index in [1.165, 1.54) is 64.2 Å². The number of ketones is 2. The van der Waals surface area contributed by atoms with E-state index >= 15 is 0 Å². The molecule has 2 fully saturated rings. The Balaban J connectivity index is 1.17. The van der Waals surface area contributed by atoms with Gasteiger partial charge in [0, 0.05) is 59.6 Å². The number of carbonyl (C=O) groups is 4. The second-order valence-electron chi connectivity index (χ2n) is 12.0. The van der Waals surface area contributed by atoms with Crippen LogP contribution in [0.1, 0.15) is 109 Å².